The van der Waals surface area contributed by atoms with Crippen LogP contribution in [0.3, 0.4) is 0 Å². The number of carbonyl (C=O) groups is 2. The molecule has 11 nitrogen and oxygen atoms in total. The molecule has 0 saturated carbocycles. The van der Waals surface area contributed by atoms with Gasteiger partial charge in [0, 0.05) is 53.3 Å². The van der Waals surface area contributed by atoms with Crippen molar-refractivity contribution in [2.45, 2.75) is 96.4 Å². The van der Waals surface area contributed by atoms with Gasteiger partial charge in [0.15, 0.2) is 5.82 Å². The van der Waals surface area contributed by atoms with E-state index in [2.05, 4.69) is 58.3 Å². The second-order valence-corrected chi connectivity index (χ2v) is 15.8. The number of aromatic amines is 1. The molecule has 3 atom stereocenters. The minimum absolute atomic E-state index is 0.0828. The Balaban J connectivity index is 1.14. The molecule has 2 unspecified atom stereocenters. The lowest BCUT2D eigenvalue weighted by molar-refractivity contribution is -0.140. The van der Waals surface area contributed by atoms with E-state index >= 15 is 0 Å². The Morgan fingerprint density at radius 1 is 0.810 bits per heavy atom. The first-order valence-electron chi connectivity index (χ1n) is 20.1. The van der Waals surface area contributed by atoms with Crippen molar-refractivity contribution in [1.29, 1.82) is 0 Å². The molecule has 3 aromatic carbocycles. The van der Waals surface area contributed by atoms with Crippen LogP contribution in [0.1, 0.15) is 86.8 Å². The average Bonchev–Trinajstić information content (AvgIpc) is 3.64. The Bertz CT molecular complexity index is 2230. The highest BCUT2D eigenvalue weighted by atomic mass is 16.5. The SMILES string of the molecule is CCCCCCCOc1ccc(-c2cnc(-c3ccc(C[C@H](NC(=O)c4ccc(C(C)(C)C)cc4)C(O)NC(Cc4c[nH]c5ncccc45)C(=O)O)cc3)nc2)cc1. The quantitative estimate of drug-likeness (QED) is 0.0402. The highest BCUT2D eigenvalue weighted by molar-refractivity contribution is 5.94. The zero-order valence-electron chi connectivity index (χ0n) is 33.7. The van der Waals surface area contributed by atoms with Gasteiger partial charge in [-0.2, -0.15) is 0 Å². The fraction of sp³-hybridized carbons (Fsp3) is 0.340. The Labute approximate surface area is 340 Å². The second-order valence-electron chi connectivity index (χ2n) is 15.8. The number of rotatable bonds is 19. The van der Waals surface area contributed by atoms with Crippen molar-refractivity contribution in [3.05, 3.63) is 132 Å². The third kappa shape index (κ3) is 11.1. The average molecular weight is 783 g/mol. The van der Waals surface area contributed by atoms with Crippen LogP contribution >= 0.6 is 0 Å². The minimum atomic E-state index is -1.41. The summed E-state index contributed by atoms with van der Waals surface area (Å²) in [5.41, 5.74) is 6.31. The van der Waals surface area contributed by atoms with Crippen LogP contribution in [0.5, 0.6) is 5.75 Å². The van der Waals surface area contributed by atoms with E-state index in [4.69, 9.17) is 4.74 Å². The van der Waals surface area contributed by atoms with Gasteiger partial charge < -0.3 is 25.3 Å². The van der Waals surface area contributed by atoms with Crippen LogP contribution in [0.15, 0.2) is 110 Å². The number of nitrogens with zero attached hydrogens (tertiary/aromatic N) is 3. The Morgan fingerprint density at radius 2 is 1.50 bits per heavy atom. The number of amides is 1. The van der Waals surface area contributed by atoms with Gasteiger partial charge in [-0.25, -0.2) is 15.0 Å². The highest BCUT2D eigenvalue weighted by Gasteiger charge is 2.29. The molecule has 0 fully saturated rings. The molecule has 6 rings (SSSR count). The van der Waals surface area contributed by atoms with Crippen LogP contribution in [0, 0.1) is 0 Å². The van der Waals surface area contributed by atoms with Crippen LogP contribution in [0.4, 0.5) is 0 Å². The molecule has 0 saturated heterocycles. The topological polar surface area (TPSA) is 162 Å². The van der Waals surface area contributed by atoms with Gasteiger partial charge in [0.1, 0.15) is 23.7 Å². The maximum Gasteiger partial charge on any atom is 0.321 e. The van der Waals surface area contributed by atoms with E-state index in [9.17, 15) is 19.8 Å². The lowest BCUT2D eigenvalue weighted by Gasteiger charge is -2.28. The Hall–Kier alpha value is -5.91. The van der Waals surface area contributed by atoms with E-state index in [0.29, 0.717) is 23.6 Å². The summed E-state index contributed by atoms with van der Waals surface area (Å²) in [4.78, 5) is 42.7. The number of carboxylic acids is 1. The summed E-state index contributed by atoms with van der Waals surface area (Å²) in [5, 5.41) is 28.4. The van der Waals surface area contributed by atoms with Crippen molar-refractivity contribution in [2.24, 2.45) is 0 Å². The summed E-state index contributed by atoms with van der Waals surface area (Å²) in [5.74, 6) is -0.113. The van der Waals surface area contributed by atoms with Gasteiger partial charge in [-0.3, -0.25) is 14.9 Å². The summed E-state index contributed by atoms with van der Waals surface area (Å²) in [6.07, 6.45) is 11.9. The molecule has 3 aromatic heterocycles. The van der Waals surface area contributed by atoms with Gasteiger partial charge in [0.2, 0.25) is 0 Å². The van der Waals surface area contributed by atoms with Crippen LogP contribution in [0.2, 0.25) is 0 Å². The first kappa shape index (κ1) is 41.7. The molecule has 0 radical (unpaired) electrons. The molecule has 3 heterocycles. The van der Waals surface area contributed by atoms with E-state index in [-0.39, 0.29) is 24.2 Å². The van der Waals surface area contributed by atoms with Crippen LogP contribution in [-0.4, -0.2) is 66.9 Å². The molecule has 0 aliphatic carbocycles. The molecule has 0 aliphatic rings. The number of ether oxygens (including phenoxy) is 1. The summed E-state index contributed by atoms with van der Waals surface area (Å²) in [6, 6.07) is 24.5. The second kappa shape index (κ2) is 19.5. The number of hydrogen-bond acceptors (Lipinski definition) is 8. The number of hydrogen-bond donors (Lipinski definition) is 5. The number of fused-ring (bicyclic) bond motifs is 1. The fourth-order valence-corrected chi connectivity index (χ4v) is 6.87. The molecule has 6 aromatic rings. The maximum absolute atomic E-state index is 13.6. The number of carbonyl (C=O) groups excluding carboxylic acids is 1. The van der Waals surface area contributed by atoms with Crippen molar-refractivity contribution in [2.75, 3.05) is 6.61 Å². The Morgan fingerprint density at radius 3 is 2.17 bits per heavy atom. The smallest absolute Gasteiger partial charge is 0.321 e. The summed E-state index contributed by atoms with van der Waals surface area (Å²) in [6.45, 7) is 9.24. The fourth-order valence-electron chi connectivity index (χ4n) is 6.87. The number of aliphatic hydroxyl groups excluding tert-OH is 1. The van der Waals surface area contributed by atoms with Gasteiger partial charge >= 0.3 is 5.97 Å². The first-order chi connectivity index (χ1) is 28.0. The minimum Gasteiger partial charge on any atom is -0.494 e. The third-order valence-corrected chi connectivity index (χ3v) is 10.4. The van der Waals surface area contributed by atoms with Crippen molar-refractivity contribution >= 4 is 22.9 Å². The molecule has 11 heteroatoms. The third-order valence-electron chi connectivity index (χ3n) is 10.4. The summed E-state index contributed by atoms with van der Waals surface area (Å²) >= 11 is 0. The Kier molecular flexibility index (Phi) is 14.0. The van der Waals surface area contributed by atoms with Crippen LogP contribution in [0.25, 0.3) is 33.5 Å². The van der Waals surface area contributed by atoms with Gasteiger partial charge in [-0.1, -0.05) is 102 Å². The zero-order valence-corrected chi connectivity index (χ0v) is 33.7. The number of aromatic nitrogens is 4. The first-order valence-corrected chi connectivity index (χ1v) is 20.1. The van der Waals surface area contributed by atoms with E-state index < -0.39 is 24.3 Å². The van der Waals surface area contributed by atoms with Gasteiger partial charge in [-0.15, -0.1) is 0 Å². The van der Waals surface area contributed by atoms with Crippen molar-refractivity contribution in [3.63, 3.8) is 0 Å². The molecule has 1 amide bonds. The number of nitrogens with one attached hydrogen (secondary N) is 3. The predicted octanol–water partition coefficient (Wildman–Crippen LogP) is 8.28. The van der Waals surface area contributed by atoms with Crippen LogP contribution in [-0.2, 0) is 23.1 Å². The standard InChI is InChI=1S/C47H54N6O5/c1-5-6-7-8-9-25-58-38-22-18-32(19-23-38)36-29-49-42(50-30-36)33-14-12-31(13-15-33)26-40(52-44(54)34-16-20-37(21-17-34)47(2,3)4)45(55)53-41(46(56)57)27-35-28-51-43-39(35)11-10-24-48-43/h10-24,28-30,40-41,45,53,55H,5-9,25-27H2,1-4H3,(H,48,51)(H,52,54)(H,56,57)/t40-,41?,45?/m0/s1. The van der Waals surface area contributed by atoms with E-state index in [1.54, 1.807) is 43.0 Å². The van der Waals surface area contributed by atoms with Gasteiger partial charge in [0.05, 0.1) is 12.6 Å². The van der Waals surface area contributed by atoms with Crippen molar-refractivity contribution < 1.29 is 24.5 Å². The van der Waals surface area contributed by atoms with Crippen molar-refractivity contribution in [1.82, 2.24) is 30.6 Å². The van der Waals surface area contributed by atoms with E-state index in [0.717, 1.165) is 50.9 Å². The molecular weight excluding hydrogens is 729 g/mol. The zero-order chi connectivity index (χ0) is 41.1. The van der Waals surface area contributed by atoms with Gasteiger partial charge in [0.25, 0.3) is 5.91 Å². The number of H-pyrrole nitrogens is 1. The number of carboxylic acid groups (broad SMARTS) is 1. The molecule has 58 heavy (non-hydrogen) atoms. The monoisotopic (exact) mass is 782 g/mol. The van der Waals surface area contributed by atoms with E-state index in [1.165, 1.54) is 25.7 Å². The van der Waals surface area contributed by atoms with E-state index in [1.807, 2.05) is 66.7 Å². The normalized spacial score (nSPS) is 13.2. The number of aliphatic hydroxyl groups is 1. The van der Waals surface area contributed by atoms with Gasteiger partial charge in [-0.05, 0) is 76.9 Å². The molecule has 0 aliphatic heterocycles. The van der Waals surface area contributed by atoms with Crippen molar-refractivity contribution in [3.8, 4) is 28.3 Å². The number of unbranched alkanes of at least 4 members (excludes halogenated alkanes) is 4. The predicted molar refractivity (Wildman–Crippen MR) is 228 cm³/mol. The molecular formula is C47H54N6O5. The lowest BCUT2D eigenvalue weighted by atomic mass is 9.86. The molecule has 0 spiro atoms. The number of aliphatic carboxylic acids is 1. The number of benzene rings is 3. The lowest BCUT2D eigenvalue weighted by Crippen LogP contribution is -2.56. The summed E-state index contributed by atoms with van der Waals surface area (Å²) < 4.78 is 5.92. The number of pyridine rings is 1. The highest BCUT2D eigenvalue weighted by Crippen LogP contribution is 2.25. The molecule has 302 valence electrons. The molecule has 5 N–H and O–H groups in total. The molecule has 0 bridgehead atoms. The summed E-state index contributed by atoms with van der Waals surface area (Å²) in [7, 11) is 0. The maximum atomic E-state index is 13.6. The largest absolute Gasteiger partial charge is 0.494 e. The van der Waals surface area contributed by atoms with Crippen LogP contribution < -0.4 is 15.4 Å².